The van der Waals surface area contributed by atoms with Crippen LogP contribution in [0.4, 0.5) is 8.78 Å². The van der Waals surface area contributed by atoms with Crippen molar-refractivity contribution in [1.29, 1.82) is 0 Å². The van der Waals surface area contributed by atoms with Gasteiger partial charge < -0.3 is 10.5 Å². The zero-order valence-electron chi connectivity index (χ0n) is 11.3. The molecule has 3 unspecified atom stereocenters. The third-order valence-corrected chi connectivity index (χ3v) is 3.32. The average Bonchev–Trinajstić information content (AvgIpc) is 2.31. The smallest absolute Gasteiger partial charge is 0.159 e. The third-order valence-electron chi connectivity index (χ3n) is 3.32. The summed E-state index contributed by atoms with van der Waals surface area (Å²) in [4.78, 5) is 2.20. The van der Waals surface area contributed by atoms with Gasteiger partial charge in [0, 0.05) is 25.7 Å². The van der Waals surface area contributed by atoms with Gasteiger partial charge in [0.2, 0.25) is 0 Å². The Bertz CT molecular complexity index is 431. The van der Waals surface area contributed by atoms with Crippen LogP contribution in [0.15, 0.2) is 18.2 Å². The van der Waals surface area contributed by atoms with E-state index in [4.69, 9.17) is 10.5 Å². The maximum atomic E-state index is 13.2. The van der Waals surface area contributed by atoms with Crippen molar-refractivity contribution >= 4 is 0 Å². The fourth-order valence-corrected chi connectivity index (χ4v) is 2.56. The monoisotopic (exact) mass is 270 g/mol. The van der Waals surface area contributed by atoms with Crippen LogP contribution >= 0.6 is 0 Å². The molecule has 0 bridgehead atoms. The zero-order valence-corrected chi connectivity index (χ0v) is 11.3. The maximum absolute atomic E-state index is 13.2. The Labute approximate surface area is 112 Å². The van der Waals surface area contributed by atoms with Crippen molar-refractivity contribution in [2.24, 2.45) is 5.73 Å². The lowest BCUT2D eigenvalue weighted by molar-refractivity contribution is -0.0691. The molecule has 1 aromatic carbocycles. The number of nitrogens with zero attached hydrogens (tertiary/aromatic N) is 1. The Morgan fingerprint density at radius 2 is 1.89 bits per heavy atom. The predicted octanol–water partition coefficient (Wildman–Crippen LogP) is 2.07. The summed E-state index contributed by atoms with van der Waals surface area (Å²) in [5.74, 6) is -1.69. The van der Waals surface area contributed by atoms with E-state index in [9.17, 15) is 8.78 Å². The van der Waals surface area contributed by atoms with Gasteiger partial charge in [0.1, 0.15) is 0 Å². The molecule has 1 aliphatic rings. The average molecular weight is 270 g/mol. The maximum Gasteiger partial charge on any atom is 0.159 e. The molecule has 1 aliphatic heterocycles. The Morgan fingerprint density at radius 1 is 1.26 bits per heavy atom. The van der Waals surface area contributed by atoms with Gasteiger partial charge in [0.15, 0.2) is 11.6 Å². The number of rotatable bonds is 3. The number of ether oxygens (including phenoxy) is 1. The molecule has 1 fully saturated rings. The van der Waals surface area contributed by atoms with Crippen LogP contribution in [0.2, 0.25) is 0 Å². The molecule has 0 aliphatic carbocycles. The first-order valence-electron chi connectivity index (χ1n) is 6.54. The fraction of sp³-hybridized carbons (Fsp3) is 0.571. The van der Waals surface area contributed by atoms with Gasteiger partial charge in [-0.3, -0.25) is 4.90 Å². The van der Waals surface area contributed by atoms with Gasteiger partial charge in [-0.25, -0.2) is 8.78 Å². The normalized spacial score (nSPS) is 26.4. The SMILES string of the molecule is CC1CN(CC(N)c2ccc(F)c(F)c2)CC(C)O1. The van der Waals surface area contributed by atoms with Crippen molar-refractivity contribution in [3.63, 3.8) is 0 Å². The van der Waals surface area contributed by atoms with Crippen molar-refractivity contribution in [2.45, 2.75) is 32.1 Å². The third kappa shape index (κ3) is 3.72. The molecule has 2 N–H and O–H groups in total. The summed E-state index contributed by atoms with van der Waals surface area (Å²) >= 11 is 0. The molecule has 0 saturated carbocycles. The molecule has 1 aromatic rings. The fourth-order valence-electron chi connectivity index (χ4n) is 2.56. The number of nitrogens with two attached hydrogens (primary N) is 1. The highest BCUT2D eigenvalue weighted by Crippen LogP contribution is 2.18. The number of hydrogen-bond acceptors (Lipinski definition) is 3. The number of morpholine rings is 1. The highest BCUT2D eigenvalue weighted by molar-refractivity contribution is 5.21. The summed E-state index contributed by atoms with van der Waals surface area (Å²) < 4.78 is 31.7. The molecule has 3 nitrogen and oxygen atoms in total. The predicted molar refractivity (Wildman–Crippen MR) is 69.7 cm³/mol. The molecule has 0 spiro atoms. The lowest BCUT2D eigenvalue weighted by atomic mass is 10.1. The lowest BCUT2D eigenvalue weighted by Crippen LogP contribution is -2.47. The van der Waals surface area contributed by atoms with E-state index in [1.165, 1.54) is 12.1 Å². The molecule has 19 heavy (non-hydrogen) atoms. The minimum atomic E-state index is -0.850. The van der Waals surface area contributed by atoms with Gasteiger partial charge in [-0.2, -0.15) is 0 Å². The largest absolute Gasteiger partial charge is 0.373 e. The van der Waals surface area contributed by atoms with E-state index in [2.05, 4.69) is 4.90 Å². The Balaban J connectivity index is 2.00. The molecule has 0 radical (unpaired) electrons. The molecule has 1 saturated heterocycles. The van der Waals surface area contributed by atoms with E-state index >= 15 is 0 Å². The Kier molecular flexibility index (Phi) is 4.50. The summed E-state index contributed by atoms with van der Waals surface area (Å²) in [7, 11) is 0. The van der Waals surface area contributed by atoms with E-state index in [1.807, 2.05) is 13.8 Å². The number of hydrogen-bond donors (Lipinski definition) is 1. The minimum Gasteiger partial charge on any atom is -0.373 e. The van der Waals surface area contributed by atoms with E-state index < -0.39 is 11.6 Å². The second-order valence-corrected chi connectivity index (χ2v) is 5.26. The van der Waals surface area contributed by atoms with Crippen LogP contribution in [0.3, 0.4) is 0 Å². The number of halogens is 2. The molecular formula is C14H20F2N2O. The van der Waals surface area contributed by atoms with Gasteiger partial charge in [-0.05, 0) is 31.5 Å². The number of benzene rings is 1. The van der Waals surface area contributed by atoms with Crippen LogP contribution in [0, 0.1) is 11.6 Å². The van der Waals surface area contributed by atoms with Crippen molar-refractivity contribution < 1.29 is 13.5 Å². The topological polar surface area (TPSA) is 38.5 Å². The van der Waals surface area contributed by atoms with E-state index in [-0.39, 0.29) is 18.2 Å². The summed E-state index contributed by atoms with van der Waals surface area (Å²) in [5, 5.41) is 0. The van der Waals surface area contributed by atoms with Crippen molar-refractivity contribution in [3.05, 3.63) is 35.4 Å². The first kappa shape index (κ1) is 14.4. The van der Waals surface area contributed by atoms with Gasteiger partial charge in [0.25, 0.3) is 0 Å². The summed E-state index contributed by atoms with van der Waals surface area (Å²) in [6.45, 7) is 6.27. The van der Waals surface area contributed by atoms with Crippen LogP contribution in [0.25, 0.3) is 0 Å². The van der Waals surface area contributed by atoms with Crippen molar-refractivity contribution in [3.8, 4) is 0 Å². The van der Waals surface area contributed by atoms with Gasteiger partial charge in [0.05, 0.1) is 12.2 Å². The van der Waals surface area contributed by atoms with Crippen LogP contribution in [-0.2, 0) is 4.74 Å². The van der Waals surface area contributed by atoms with Gasteiger partial charge in [-0.15, -0.1) is 0 Å². The molecule has 0 amide bonds. The first-order valence-corrected chi connectivity index (χ1v) is 6.54. The minimum absolute atomic E-state index is 0.168. The van der Waals surface area contributed by atoms with E-state index in [0.717, 1.165) is 19.2 Å². The first-order chi connectivity index (χ1) is 8.95. The van der Waals surface area contributed by atoms with E-state index in [0.29, 0.717) is 12.1 Å². The standard InChI is InChI=1S/C14H20F2N2O/c1-9-6-18(7-10(2)19-9)8-14(17)11-3-4-12(15)13(16)5-11/h3-5,9-10,14H,6-8,17H2,1-2H3. The van der Waals surface area contributed by atoms with E-state index in [1.54, 1.807) is 0 Å². The summed E-state index contributed by atoms with van der Waals surface area (Å²) in [6.07, 6.45) is 0.335. The Hall–Kier alpha value is -1.04. The van der Waals surface area contributed by atoms with Crippen molar-refractivity contribution in [1.82, 2.24) is 4.90 Å². The van der Waals surface area contributed by atoms with Crippen molar-refractivity contribution in [2.75, 3.05) is 19.6 Å². The van der Waals surface area contributed by atoms with Gasteiger partial charge in [-0.1, -0.05) is 6.07 Å². The summed E-state index contributed by atoms with van der Waals surface area (Å²) in [5.41, 5.74) is 6.68. The molecule has 3 atom stereocenters. The Morgan fingerprint density at radius 3 is 2.47 bits per heavy atom. The van der Waals surface area contributed by atoms with Gasteiger partial charge >= 0.3 is 0 Å². The second kappa shape index (κ2) is 5.94. The molecule has 2 rings (SSSR count). The summed E-state index contributed by atoms with van der Waals surface area (Å²) in [6, 6.07) is 3.51. The molecule has 5 heteroatoms. The zero-order chi connectivity index (χ0) is 14.0. The second-order valence-electron chi connectivity index (χ2n) is 5.26. The van der Waals surface area contributed by atoms with Crippen LogP contribution in [-0.4, -0.2) is 36.7 Å². The highest BCUT2D eigenvalue weighted by atomic mass is 19.2. The van der Waals surface area contributed by atoms with Crippen LogP contribution in [0.1, 0.15) is 25.5 Å². The quantitative estimate of drug-likeness (QED) is 0.914. The molecular weight excluding hydrogens is 250 g/mol. The lowest BCUT2D eigenvalue weighted by Gasteiger charge is -2.36. The van der Waals surface area contributed by atoms with Crippen LogP contribution in [0.5, 0.6) is 0 Å². The molecule has 0 aromatic heterocycles. The molecule has 106 valence electrons. The highest BCUT2D eigenvalue weighted by Gasteiger charge is 2.24. The van der Waals surface area contributed by atoms with Crippen LogP contribution < -0.4 is 5.73 Å². The molecule has 1 heterocycles.